The van der Waals surface area contributed by atoms with E-state index in [1.165, 1.54) is 5.56 Å². The summed E-state index contributed by atoms with van der Waals surface area (Å²) in [5.74, 6) is -0.474. The van der Waals surface area contributed by atoms with Gasteiger partial charge in [-0.05, 0) is 36.8 Å². The minimum atomic E-state index is -0.630. The van der Waals surface area contributed by atoms with Gasteiger partial charge in [0, 0.05) is 4.47 Å². The van der Waals surface area contributed by atoms with Crippen LogP contribution >= 0.6 is 15.9 Å². The van der Waals surface area contributed by atoms with Gasteiger partial charge in [-0.2, -0.15) is 0 Å². The Hall–Kier alpha value is -0.830. The number of hydrogen-bond acceptors (Lipinski definition) is 1. The van der Waals surface area contributed by atoms with E-state index in [1.807, 2.05) is 18.2 Å². The van der Waals surface area contributed by atoms with E-state index in [2.05, 4.69) is 22.0 Å². The molecule has 1 aliphatic carbocycles. The zero-order valence-corrected chi connectivity index (χ0v) is 10.6. The Labute approximate surface area is 104 Å². The first-order chi connectivity index (χ1) is 7.68. The number of halogens is 1. The first kappa shape index (κ1) is 11.6. The number of carboxylic acids is 1. The van der Waals surface area contributed by atoms with Crippen LogP contribution < -0.4 is 0 Å². The lowest BCUT2D eigenvalue weighted by Crippen LogP contribution is -2.20. The summed E-state index contributed by atoms with van der Waals surface area (Å²) >= 11 is 3.51. The zero-order chi connectivity index (χ0) is 11.5. The summed E-state index contributed by atoms with van der Waals surface area (Å²) in [4.78, 5) is 11.1. The van der Waals surface area contributed by atoms with E-state index in [-0.39, 0.29) is 5.92 Å². The second kappa shape index (κ2) is 5.00. The van der Waals surface area contributed by atoms with E-state index in [0.717, 1.165) is 30.2 Å². The fraction of sp³-hybridized carbons (Fsp3) is 0.462. The summed E-state index contributed by atoms with van der Waals surface area (Å²) in [7, 11) is 0. The maximum Gasteiger partial charge on any atom is 0.306 e. The molecule has 1 aliphatic rings. The van der Waals surface area contributed by atoms with Crippen LogP contribution in [0.1, 0.15) is 24.8 Å². The molecule has 2 nitrogen and oxygen atoms in total. The highest BCUT2D eigenvalue weighted by Gasteiger charge is 2.32. The molecular formula is C13H15BrO2. The largest absolute Gasteiger partial charge is 0.481 e. The normalized spacial score (nSPS) is 24.6. The maximum atomic E-state index is 11.1. The quantitative estimate of drug-likeness (QED) is 0.922. The number of benzene rings is 1. The van der Waals surface area contributed by atoms with E-state index in [9.17, 15) is 4.79 Å². The van der Waals surface area contributed by atoms with Crippen molar-refractivity contribution in [1.29, 1.82) is 0 Å². The molecule has 16 heavy (non-hydrogen) atoms. The standard InChI is InChI=1S/C13H15BrO2/c14-12-7-2-1-4-10(12)8-9-5-3-6-11(9)13(15)16/h1-2,4,7,9,11H,3,5-6,8H2,(H,15,16). The van der Waals surface area contributed by atoms with Crippen LogP contribution in [-0.4, -0.2) is 11.1 Å². The van der Waals surface area contributed by atoms with Crippen molar-refractivity contribution in [1.82, 2.24) is 0 Å². The van der Waals surface area contributed by atoms with Crippen molar-refractivity contribution in [2.24, 2.45) is 11.8 Å². The molecule has 1 N–H and O–H groups in total. The predicted octanol–water partition coefficient (Wildman–Crippen LogP) is 3.49. The molecule has 0 heterocycles. The maximum absolute atomic E-state index is 11.1. The Bertz CT molecular complexity index is 389. The summed E-state index contributed by atoms with van der Waals surface area (Å²) in [5.41, 5.74) is 1.22. The van der Waals surface area contributed by atoms with E-state index < -0.39 is 5.97 Å². The van der Waals surface area contributed by atoms with Gasteiger partial charge in [0.25, 0.3) is 0 Å². The van der Waals surface area contributed by atoms with Gasteiger partial charge < -0.3 is 5.11 Å². The number of aliphatic carboxylic acids is 1. The number of carboxylic acid groups (broad SMARTS) is 1. The summed E-state index contributed by atoms with van der Waals surface area (Å²) in [6.45, 7) is 0. The monoisotopic (exact) mass is 282 g/mol. The lowest BCUT2D eigenvalue weighted by Gasteiger charge is -2.16. The summed E-state index contributed by atoms with van der Waals surface area (Å²) < 4.78 is 1.09. The van der Waals surface area contributed by atoms with Crippen molar-refractivity contribution in [3.63, 3.8) is 0 Å². The van der Waals surface area contributed by atoms with Crippen molar-refractivity contribution in [3.05, 3.63) is 34.3 Å². The molecule has 1 saturated carbocycles. The zero-order valence-electron chi connectivity index (χ0n) is 9.03. The number of carbonyl (C=O) groups is 1. The summed E-state index contributed by atoms with van der Waals surface area (Å²) in [5, 5.41) is 9.12. The lowest BCUT2D eigenvalue weighted by molar-refractivity contribution is -0.142. The molecule has 0 saturated heterocycles. The van der Waals surface area contributed by atoms with Crippen molar-refractivity contribution < 1.29 is 9.90 Å². The molecule has 0 radical (unpaired) electrons. The predicted molar refractivity (Wildman–Crippen MR) is 66.3 cm³/mol. The smallest absolute Gasteiger partial charge is 0.306 e. The van der Waals surface area contributed by atoms with Gasteiger partial charge >= 0.3 is 5.97 Å². The SMILES string of the molecule is O=C(O)C1CCCC1Cc1ccccc1Br. The third kappa shape index (κ3) is 2.46. The lowest BCUT2D eigenvalue weighted by atomic mass is 9.90. The van der Waals surface area contributed by atoms with Crippen LogP contribution in [0.5, 0.6) is 0 Å². The van der Waals surface area contributed by atoms with Crippen LogP contribution in [0.15, 0.2) is 28.7 Å². The van der Waals surface area contributed by atoms with Gasteiger partial charge in [-0.25, -0.2) is 0 Å². The minimum Gasteiger partial charge on any atom is -0.481 e. The molecule has 86 valence electrons. The van der Waals surface area contributed by atoms with Gasteiger partial charge in [0.05, 0.1) is 5.92 Å². The Morgan fingerprint density at radius 1 is 1.38 bits per heavy atom. The van der Waals surface area contributed by atoms with E-state index >= 15 is 0 Å². The van der Waals surface area contributed by atoms with Gasteiger partial charge in [-0.15, -0.1) is 0 Å². The molecule has 1 fully saturated rings. The molecule has 2 atom stereocenters. The fourth-order valence-electron chi connectivity index (χ4n) is 2.55. The molecule has 0 spiro atoms. The molecule has 0 aliphatic heterocycles. The molecule has 0 amide bonds. The van der Waals surface area contributed by atoms with Gasteiger partial charge in [0.2, 0.25) is 0 Å². The molecule has 2 unspecified atom stereocenters. The number of hydrogen-bond donors (Lipinski definition) is 1. The molecule has 2 rings (SSSR count). The molecule has 0 bridgehead atoms. The first-order valence-electron chi connectivity index (χ1n) is 5.64. The second-order valence-corrected chi connectivity index (χ2v) is 5.29. The van der Waals surface area contributed by atoms with E-state index in [0.29, 0.717) is 5.92 Å². The highest BCUT2D eigenvalue weighted by Crippen LogP contribution is 2.35. The molecule has 3 heteroatoms. The van der Waals surface area contributed by atoms with E-state index in [4.69, 9.17) is 5.11 Å². The number of rotatable bonds is 3. The van der Waals surface area contributed by atoms with Crippen molar-refractivity contribution in [2.45, 2.75) is 25.7 Å². The molecular weight excluding hydrogens is 268 g/mol. The van der Waals surface area contributed by atoms with Crippen LogP contribution in [0.3, 0.4) is 0 Å². The van der Waals surface area contributed by atoms with Crippen LogP contribution in [0.2, 0.25) is 0 Å². The Morgan fingerprint density at radius 2 is 2.12 bits per heavy atom. The Morgan fingerprint density at radius 3 is 2.81 bits per heavy atom. The van der Waals surface area contributed by atoms with Gasteiger partial charge in [-0.3, -0.25) is 4.79 Å². The Kier molecular flexibility index (Phi) is 3.64. The third-order valence-corrected chi connectivity index (χ3v) is 4.19. The molecule has 1 aromatic rings. The van der Waals surface area contributed by atoms with Crippen molar-refractivity contribution >= 4 is 21.9 Å². The Balaban J connectivity index is 2.10. The van der Waals surface area contributed by atoms with Gasteiger partial charge in [-0.1, -0.05) is 40.5 Å². The van der Waals surface area contributed by atoms with Gasteiger partial charge in [0.15, 0.2) is 0 Å². The van der Waals surface area contributed by atoms with Crippen molar-refractivity contribution in [3.8, 4) is 0 Å². The highest BCUT2D eigenvalue weighted by molar-refractivity contribution is 9.10. The molecule has 1 aromatic carbocycles. The average molecular weight is 283 g/mol. The van der Waals surface area contributed by atoms with Crippen LogP contribution in [-0.2, 0) is 11.2 Å². The van der Waals surface area contributed by atoms with Crippen LogP contribution in [0, 0.1) is 11.8 Å². The fourth-order valence-corrected chi connectivity index (χ4v) is 3.00. The van der Waals surface area contributed by atoms with Crippen LogP contribution in [0.25, 0.3) is 0 Å². The first-order valence-corrected chi connectivity index (χ1v) is 6.44. The highest BCUT2D eigenvalue weighted by atomic mass is 79.9. The molecule has 0 aromatic heterocycles. The summed E-state index contributed by atoms with van der Waals surface area (Å²) in [6.07, 6.45) is 3.80. The van der Waals surface area contributed by atoms with Crippen LogP contribution in [0.4, 0.5) is 0 Å². The van der Waals surface area contributed by atoms with Crippen molar-refractivity contribution in [2.75, 3.05) is 0 Å². The topological polar surface area (TPSA) is 37.3 Å². The third-order valence-electron chi connectivity index (χ3n) is 3.42. The second-order valence-electron chi connectivity index (χ2n) is 4.43. The van der Waals surface area contributed by atoms with E-state index in [1.54, 1.807) is 0 Å². The average Bonchev–Trinajstić information content (AvgIpc) is 2.69. The summed E-state index contributed by atoms with van der Waals surface area (Å²) in [6, 6.07) is 8.07. The minimum absolute atomic E-state index is 0.146. The van der Waals surface area contributed by atoms with Gasteiger partial charge in [0.1, 0.15) is 0 Å².